The van der Waals surface area contributed by atoms with Crippen LogP contribution in [-0.4, -0.2) is 37.5 Å². The first-order chi connectivity index (χ1) is 14.3. The van der Waals surface area contributed by atoms with Gasteiger partial charge in [-0.1, -0.05) is 32.0 Å². The molecule has 0 bridgehead atoms. The molecule has 0 saturated carbocycles. The van der Waals surface area contributed by atoms with E-state index in [9.17, 15) is 9.59 Å². The fourth-order valence-corrected chi connectivity index (χ4v) is 3.42. The molecule has 30 heavy (non-hydrogen) atoms. The van der Waals surface area contributed by atoms with E-state index in [4.69, 9.17) is 9.47 Å². The van der Waals surface area contributed by atoms with Crippen LogP contribution in [0.4, 0.5) is 5.69 Å². The monoisotopic (exact) mass is 408 g/mol. The Hall–Kier alpha value is -3.28. The van der Waals surface area contributed by atoms with Crippen LogP contribution in [0.1, 0.15) is 30.5 Å². The van der Waals surface area contributed by atoms with Crippen LogP contribution in [0.2, 0.25) is 0 Å². The normalized spacial score (nSPS) is 14.0. The molecule has 2 amide bonds. The van der Waals surface area contributed by atoms with E-state index < -0.39 is 0 Å². The molecule has 0 spiro atoms. The molecule has 2 aromatic rings. The molecule has 2 aromatic carbocycles. The van der Waals surface area contributed by atoms with E-state index in [-0.39, 0.29) is 23.4 Å². The fraction of sp³-hybridized carbons (Fsp3) is 0.333. The average Bonchev–Trinajstić information content (AvgIpc) is 2.94. The molecule has 1 aliphatic rings. The second-order valence-corrected chi connectivity index (χ2v) is 7.86. The minimum Gasteiger partial charge on any atom is -0.497 e. The van der Waals surface area contributed by atoms with Gasteiger partial charge in [0.1, 0.15) is 17.2 Å². The zero-order valence-electron chi connectivity index (χ0n) is 18.3. The topological polar surface area (TPSA) is 67.9 Å². The molecule has 3 rings (SSSR count). The number of carbonyl (C=O) groups excluding carboxylic acids is 2. The number of methoxy groups -OCH3 is 2. The smallest absolute Gasteiger partial charge is 0.278 e. The summed E-state index contributed by atoms with van der Waals surface area (Å²) in [5.41, 5.74) is 4.12. The van der Waals surface area contributed by atoms with E-state index in [0.29, 0.717) is 29.3 Å². The predicted molar refractivity (Wildman–Crippen MR) is 118 cm³/mol. The van der Waals surface area contributed by atoms with Gasteiger partial charge in [-0.2, -0.15) is 0 Å². The molecule has 0 aromatic heterocycles. The highest BCUT2D eigenvalue weighted by Gasteiger charge is 2.39. The van der Waals surface area contributed by atoms with Crippen LogP contribution in [0.5, 0.6) is 11.5 Å². The van der Waals surface area contributed by atoms with E-state index in [0.717, 1.165) is 16.7 Å². The van der Waals surface area contributed by atoms with Crippen LogP contribution in [0.3, 0.4) is 0 Å². The molecule has 158 valence electrons. The van der Waals surface area contributed by atoms with E-state index in [2.05, 4.69) is 5.32 Å². The lowest BCUT2D eigenvalue weighted by molar-refractivity contribution is -0.137. The van der Waals surface area contributed by atoms with Gasteiger partial charge in [-0.05, 0) is 48.6 Å². The summed E-state index contributed by atoms with van der Waals surface area (Å²) in [7, 11) is 3.12. The van der Waals surface area contributed by atoms with Crippen molar-refractivity contribution >= 4 is 23.1 Å². The second-order valence-electron chi connectivity index (χ2n) is 7.86. The van der Waals surface area contributed by atoms with Gasteiger partial charge in [0.15, 0.2) is 0 Å². The standard InChI is InChI=1S/C24H28N2O4/c1-14(2)13-26-23(27)21(17-8-7-15(3)16(4)11-17)22(24(26)28)25-19-10-9-18(29-5)12-20(19)30-6/h7-12,14,25H,13H2,1-6H3. The molecule has 1 N–H and O–H groups in total. The first-order valence-corrected chi connectivity index (χ1v) is 9.94. The van der Waals surface area contributed by atoms with Crippen molar-refractivity contribution in [3.05, 3.63) is 58.8 Å². The van der Waals surface area contributed by atoms with Gasteiger partial charge < -0.3 is 14.8 Å². The minimum atomic E-state index is -0.334. The third kappa shape index (κ3) is 4.03. The van der Waals surface area contributed by atoms with E-state index in [1.54, 1.807) is 32.4 Å². The van der Waals surface area contributed by atoms with Crippen LogP contribution in [-0.2, 0) is 9.59 Å². The summed E-state index contributed by atoms with van der Waals surface area (Å²) in [6.45, 7) is 8.33. The van der Waals surface area contributed by atoms with Gasteiger partial charge in [-0.3, -0.25) is 14.5 Å². The van der Waals surface area contributed by atoms with Gasteiger partial charge >= 0.3 is 0 Å². The lowest BCUT2D eigenvalue weighted by Gasteiger charge is -2.18. The maximum absolute atomic E-state index is 13.3. The first kappa shape index (κ1) is 21.4. The van der Waals surface area contributed by atoms with Gasteiger partial charge in [0.2, 0.25) is 0 Å². The molecule has 1 aliphatic heterocycles. The summed E-state index contributed by atoms with van der Waals surface area (Å²) >= 11 is 0. The molecule has 0 radical (unpaired) electrons. The van der Waals surface area contributed by atoms with Crippen LogP contribution >= 0.6 is 0 Å². The number of nitrogens with one attached hydrogen (secondary N) is 1. The lowest BCUT2D eigenvalue weighted by Crippen LogP contribution is -2.35. The average molecular weight is 408 g/mol. The largest absolute Gasteiger partial charge is 0.497 e. The van der Waals surface area contributed by atoms with Crippen LogP contribution < -0.4 is 14.8 Å². The summed E-state index contributed by atoms with van der Waals surface area (Å²) in [5, 5.41) is 3.16. The molecular weight excluding hydrogens is 380 g/mol. The van der Waals surface area contributed by atoms with Gasteiger partial charge in [-0.15, -0.1) is 0 Å². The van der Waals surface area contributed by atoms with Crippen molar-refractivity contribution < 1.29 is 19.1 Å². The number of hydrogen-bond acceptors (Lipinski definition) is 5. The third-order valence-corrected chi connectivity index (χ3v) is 5.18. The zero-order valence-corrected chi connectivity index (χ0v) is 18.3. The fourth-order valence-electron chi connectivity index (χ4n) is 3.42. The molecule has 0 atom stereocenters. The number of benzene rings is 2. The molecule has 0 unspecified atom stereocenters. The SMILES string of the molecule is COc1ccc(NC2=C(c3ccc(C)c(C)c3)C(=O)N(CC(C)C)C2=O)c(OC)c1. The first-order valence-electron chi connectivity index (χ1n) is 9.94. The van der Waals surface area contributed by atoms with Crippen molar-refractivity contribution in [2.75, 3.05) is 26.1 Å². The summed E-state index contributed by atoms with van der Waals surface area (Å²) < 4.78 is 10.7. The maximum Gasteiger partial charge on any atom is 0.278 e. The molecular formula is C24H28N2O4. The van der Waals surface area contributed by atoms with E-state index >= 15 is 0 Å². The Kier molecular flexibility index (Phi) is 6.15. The Bertz CT molecular complexity index is 1020. The molecule has 0 aliphatic carbocycles. The number of hydrogen-bond donors (Lipinski definition) is 1. The van der Waals surface area contributed by atoms with Crippen LogP contribution in [0, 0.1) is 19.8 Å². The zero-order chi connectivity index (χ0) is 22.0. The van der Waals surface area contributed by atoms with Gasteiger partial charge in [0, 0.05) is 12.6 Å². The Labute approximate surface area is 177 Å². The van der Waals surface area contributed by atoms with E-state index in [1.807, 2.05) is 45.9 Å². The number of rotatable bonds is 7. The highest BCUT2D eigenvalue weighted by atomic mass is 16.5. The number of imide groups is 1. The number of aryl methyl sites for hydroxylation is 2. The molecule has 6 heteroatoms. The van der Waals surface area contributed by atoms with Gasteiger partial charge in [-0.25, -0.2) is 0 Å². The van der Waals surface area contributed by atoms with Gasteiger partial charge in [0.05, 0.1) is 25.5 Å². The minimum absolute atomic E-state index is 0.161. The Morgan fingerprint density at radius 1 is 0.933 bits per heavy atom. The summed E-state index contributed by atoms with van der Waals surface area (Å²) in [5.74, 6) is 0.695. The second kappa shape index (κ2) is 8.61. The van der Waals surface area contributed by atoms with Crippen molar-refractivity contribution in [1.82, 2.24) is 4.90 Å². The van der Waals surface area contributed by atoms with Gasteiger partial charge in [0.25, 0.3) is 11.8 Å². The summed E-state index contributed by atoms with van der Waals surface area (Å²) in [6.07, 6.45) is 0. The predicted octanol–water partition coefficient (Wildman–Crippen LogP) is 4.17. The van der Waals surface area contributed by atoms with Crippen molar-refractivity contribution in [2.45, 2.75) is 27.7 Å². The van der Waals surface area contributed by atoms with Crippen molar-refractivity contribution in [1.29, 1.82) is 0 Å². The number of ether oxygens (including phenoxy) is 2. The Balaban J connectivity index is 2.12. The van der Waals surface area contributed by atoms with Crippen molar-refractivity contribution in [3.63, 3.8) is 0 Å². The number of carbonyl (C=O) groups is 2. The Morgan fingerprint density at radius 2 is 1.67 bits per heavy atom. The number of nitrogens with zero attached hydrogens (tertiary/aromatic N) is 1. The lowest BCUT2D eigenvalue weighted by atomic mass is 9.99. The molecule has 0 saturated heterocycles. The van der Waals surface area contributed by atoms with Crippen molar-refractivity contribution in [3.8, 4) is 11.5 Å². The number of anilines is 1. The van der Waals surface area contributed by atoms with Crippen molar-refractivity contribution in [2.24, 2.45) is 5.92 Å². The van der Waals surface area contributed by atoms with E-state index in [1.165, 1.54) is 4.90 Å². The van der Waals surface area contributed by atoms with Crippen LogP contribution in [0.15, 0.2) is 42.1 Å². The summed E-state index contributed by atoms with van der Waals surface area (Å²) in [6, 6.07) is 11.1. The third-order valence-electron chi connectivity index (χ3n) is 5.18. The quantitative estimate of drug-likeness (QED) is 0.697. The summed E-state index contributed by atoms with van der Waals surface area (Å²) in [4.78, 5) is 27.8. The van der Waals surface area contributed by atoms with Crippen LogP contribution in [0.25, 0.3) is 5.57 Å². The molecule has 6 nitrogen and oxygen atoms in total. The highest BCUT2D eigenvalue weighted by molar-refractivity contribution is 6.36. The maximum atomic E-state index is 13.3. The number of amides is 2. The highest BCUT2D eigenvalue weighted by Crippen LogP contribution is 2.35. The molecule has 0 fully saturated rings. The Morgan fingerprint density at radius 3 is 2.27 bits per heavy atom. The molecule has 1 heterocycles.